The quantitative estimate of drug-likeness (QED) is 0.780. The molecule has 19 heavy (non-hydrogen) atoms. The molecule has 0 amide bonds. The zero-order valence-electron chi connectivity index (χ0n) is 10.5. The average Bonchev–Trinajstić information content (AvgIpc) is 2.46. The number of aromatic nitrogens is 1. The number of anilines is 1. The van der Waals surface area contributed by atoms with Crippen LogP contribution >= 0.6 is 0 Å². The topological polar surface area (TPSA) is 57.0 Å². The number of pyridine rings is 1. The molecule has 0 spiro atoms. The van der Waals surface area contributed by atoms with E-state index in [9.17, 15) is 10.1 Å². The van der Waals surface area contributed by atoms with Crippen LogP contribution in [0, 0.1) is 11.3 Å². The van der Waals surface area contributed by atoms with E-state index in [1.54, 1.807) is 6.07 Å². The monoisotopic (exact) mass is 251 g/mol. The SMILES string of the molecule is N#Cc1cc(N2CCCC(=O)C2)nc2ccccc12. The fraction of sp³-hybridized carbons (Fsp3) is 0.267. The molecule has 2 aromatic rings. The molecule has 0 radical (unpaired) electrons. The van der Waals surface area contributed by atoms with Crippen molar-refractivity contribution in [2.24, 2.45) is 0 Å². The van der Waals surface area contributed by atoms with Crippen molar-refractivity contribution < 1.29 is 4.79 Å². The fourth-order valence-corrected chi connectivity index (χ4v) is 2.45. The summed E-state index contributed by atoms with van der Waals surface area (Å²) in [6.45, 7) is 1.22. The Bertz CT molecular complexity index is 687. The first-order valence-corrected chi connectivity index (χ1v) is 6.34. The van der Waals surface area contributed by atoms with Crippen LogP contribution in [0.4, 0.5) is 5.82 Å². The van der Waals surface area contributed by atoms with Crippen LogP contribution in [-0.2, 0) is 4.79 Å². The van der Waals surface area contributed by atoms with Gasteiger partial charge in [-0.05, 0) is 18.6 Å². The number of rotatable bonds is 1. The van der Waals surface area contributed by atoms with Crippen molar-refractivity contribution in [1.29, 1.82) is 5.26 Å². The van der Waals surface area contributed by atoms with Gasteiger partial charge in [0.2, 0.25) is 0 Å². The maximum Gasteiger partial charge on any atom is 0.152 e. The lowest BCUT2D eigenvalue weighted by molar-refractivity contribution is -0.118. The molecule has 4 heteroatoms. The van der Waals surface area contributed by atoms with Crippen molar-refractivity contribution in [3.05, 3.63) is 35.9 Å². The normalized spacial score (nSPS) is 15.5. The largest absolute Gasteiger partial charge is 0.349 e. The van der Waals surface area contributed by atoms with Crippen molar-refractivity contribution in [2.75, 3.05) is 18.0 Å². The number of piperidine rings is 1. The second-order valence-electron chi connectivity index (χ2n) is 4.72. The minimum atomic E-state index is 0.236. The summed E-state index contributed by atoms with van der Waals surface area (Å²) < 4.78 is 0. The van der Waals surface area contributed by atoms with Crippen molar-refractivity contribution in [3.8, 4) is 6.07 Å². The van der Waals surface area contributed by atoms with Crippen LogP contribution in [0.2, 0.25) is 0 Å². The summed E-state index contributed by atoms with van der Waals surface area (Å²) in [5, 5.41) is 10.1. The van der Waals surface area contributed by atoms with Gasteiger partial charge >= 0.3 is 0 Å². The summed E-state index contributed by atoms with van der Waals surface area (Å²) in [7, 11) is 0. The van der Waals surface area contributed by atoms with Gasteiger partial charge in [0.25, 0.3) is 0 Å². The zero-order valence-corrected chi connectivity index (χ0v) is 10.5. The predicted octanol–water partition coefficient (Wildman–Crippen LogP) is 2.28. The number of fused-ring (bicyclic) bond motifs is 1. The highest BCUT2D eigenvalue weighted by Crippen LogP contribution is 2.23. The van der Waals surface area contributed by atoms with E-state index >= 15 is 0 Å². The molecule has 1 aliphatic rings. The van der Waals surface area contributed by atoms with Gasteiger partial charge in [0.15, 0.2) is 5.78 Å². The Balaban J connectivity index is 2.09. The molecule has 0 saturated carbocycles. The lowest BCUT2D eigenvalue weighted by Crippen LogP contribution is -2.36. The Morgan fingerprint density at radius 3 is 2.95 bits per heavy atom. The minimum absolute atomic E-state index is 0.236. The fourth-order valence-electron chi connectivity index (χ4n) is 2.45. The third-order valence-electron chi connectivity index (χ3n) is 3.40. The Hall–Kier alpha value is -2.41. The molecule has 1 fully saturated rings. The molecule has 4 nitrogen and oxygen atoms in total. The van der Waals surface area contributed by atoms with Gasteiger partial charge in [0, 0.05) is 18.4 Å². The molecule has 1 aromatic heterocycles. The van der Waals surface area contributed by atoms with Crippen LogP contribution in [0.1, 0.15) is 18.4 Å². The first kappa shape index (κ1) is 11.7. The number of Topliss-reactive ketones (excluding diaryl/α,β-unsaturated/α-hetero) is 1. The number of para-hydroxylation sites is 1. The van der Waals surface area contributed by atoms with E-state index < -0.39 is 0 Å². The molecule has 0 bridgehead atoms. The molecule has 94 valence electrons. The molecule has 0 aliphatic carbocycles. The Labute approximate surface area is 111 Å². The molecular formula is C15H13N3O. The van der Waals surface area contributed by atoms with E-state index in [4.69, 9.17) is 0 Å². The summed E-state index contributed by atoms with van der Waals surface area (Å²) in [5.41, 5.74) is 1.41. The lowest BCUT2D eigenvalue weighted by atomic mass is 10.1. The molecule has 0 atom stereocenters. The van der Waals surface area contributed by atoms with Gasteiger partial charge in [-0.15, -0.1) is 0 Å². The van der Waals surface area contributed by atoms with Gasteiger partial charge in [-0.25, -0.2) is 4.98 Å². The summed E-state index contributed by atoms with van der Waals surface area (Å²) in [6, 6.07) is 11.6. The van der Waals surface area contributed by atoms with E-state index in [0.29, 0.717) is 18.5 Å². The molecule has 3 rings (SSSR count). The first-order valence-electron chi connectivity index (χ1n) is 6.34. The summed E-state index contributed by atoms with van der Waals surface area (Å²) in [6.07, 6.45) is 1.50. The highest BCUT2D eigenvalue weighted by Gasteiger charge is 2.19. The summed E-state index contributed by atoms with van der Waals surface area (Å²) in [4.78, 5) is 18.1. The van der Waals surface area contributed by atoms with Gasteiger partial charge in [-0.2, -0.15) is 5.26 Å². The maximum absolute atomic E-state index is 11.5. The van der Waals surface area contributed by atoms with E-state index in [1.165, 1.54) is 0 Å². The van der Waals surface area contributed by atoms with Gasteiger partial charge in [0.1, 0.15) is 5.82 Å². The Morgan fingerprint density at radius 1 is 1.32 bits per heavy atom. The van der Waals surface area contributed by atoms with Crippen LogP contribution in [0.5, 0.6) is 0 Å². The van der Waals surface area contributed by atoms with Crippen molar-refractivity contribution in [1.82, 2.24) is 4.98 Å². The molecule has 2 heterocycles. The van der Waals surface area contributed by atoms with E-state index in [2.05, 4.69) is 11.1 Å². The number of hydrogen-bond acceptors (Lipinski definition) is 4. The van der Waals surface area contributed by atoms with Gasteiger partial charge in [-0.3, -0.25) is 4.79 Å². The number of nitrogens with zero attached hydrogens (tertiary/aromatic N) is 3. The maximum atomic E-state index is 11.5. The minimum Gasteiger partial charge on any atom is -0.349 e. The predicted molar refractivity (Wildman–Crippen MR) is 72.9 cm³/mol. The number of carbonyl (C=O) groups excluding carboxylic acids is 1. The van der Waals surface area contributed by atoms with Gasteiger partial charge in [-0.1, -0.05) is 18.2 Å². The van der Waals surface area contributed by atoms with E-state index in [0.717, 1.165) is 29.7 Å². The van der Waals surface area contributed by atoms with Crippen molar-refractivity contribution >= 4 is 22.5 Å². The number of nitriles is 1. The van der Waals surface area contributed by atoms with Crippen LogP contribution < -0.4 is 4.90 Å². The van der Waals surface area contributed by atoms with E-state index in [-0.39, 0.29) is 5.78 Å². The second-order valence-corrected chi connectivity index (χ2v) is 4.72. The summed E-state index contributed by atoms with van der Waals surface area (Å²) in [5.74, 6) is 0.961. The second kappa shape index (κ2) is 4.69. The Kier molecular flexibility index (Phi) is 2.88. The summed E-state index contributed by atoms with van der Waals surface area (Å²) >= 11 is 0. The number of hydrogen-bond donors (Lipinski definition) is 0. The lowest BCUT2D eigenvalue weighted by Gasteiger charge is -2.27. The molecule has 1 aliphatic heterocycles. The highest BCUT2D eigenvalue weighted by molar-refractivity contribution is 5.88. The molecule has 0 N–H and O–H groups in total. The van der Waals surface area contributed by atoms with Crippen molar-refractivity contribution in [2.45, 2.75) is 12.8 Å². The number of ketones is 1. The molecule has 1 saturated heterocycles. The van der Waals surface area contributed by atoms with Crippen LogP contribution in [0.3, 0.4) is 0 Å². The average molecular weight is 251 g/mol. The number of carbonyl (C=O) groups is 1. The van der Waals surface area contributed by atoms with E-state index in [1.807, 2.05) is 29.2 Å². The van der Waals surface area contributed by atoms with Crippen molar-refractivity contribution in [3.63, 3.8) is 0 Å². The third kappa shape index (κ3) is 2.15. The van der Waals surface area contributed by atoms with Gasteiger partial charge < -0.3 is 4.90 Å². The smallest absolute Gasteiger partial charge is 0.152 e. The highest BCUT2D eigenvalue weighted by atomic mass is 16.1. The first-order chi connectivity index (χ1) is 9.28. The zero-order chi connectivity index (χ0) is 13.2. The molecule has 1 aromatic carbocycles. The Morgan fingerprint density at radius 2 is 2.16 bits per heavy atom. The van der Waals surface area contributed by atoms with Crippen LogP contribution in [-0.4, -0.2) is 23.9 Å². The third-order valence-corrected chi connectivity index (χ3v) is 3.40. The standard InChI is InChI=1S/C15H13N3O/c16-9-11-8-15(18-7-3-4-12(19)10-18)17-14-6-2-1-5-13(11)14/h1-2,5-6,8H,3-4,7,10H2. The van der Waals surface area contributed by atoms with Gasteiger partial charge in [0.05, 0.1) is 23.7 Å². The molecular weight excluding hydrogens is 238 g/mol. The van der Waals surface area contributed by atoms with Crippen LogP contribution in [0.15, 0.2) is 30.3 Å². The number of benzene rings is 1. The molecule has 0 unspecified atom stereocenters. The van der Waals surface area contributed by atoms with Crippen LogP contribution in [0.25, 0.3) is 10.9 Å².